The smallest absolute Gasteiger partial charge is 0.385 e. The van der Waals surface area contributed by atoms with Gasteiger partial charge >= 0.3 is 6.18 Å². The molecule has 4 rings (SSSR count). The standard InChI is InChI=1S/C31H42F3N3O/c32-31(33,34)28-17-21-37(22-18-28)30(38)25-13-15-29(16-14-25)35-19-9-5-3-1-2-4-6-10-20-36-23-26-11-7-8-12-27(26)24-36/h7-8,11-16,28,35H,1-6,9-10,17-24H2. The van der Waals surface area contributed by atoms with Crippen molar-refractivity contribution in [3.05, 3.63) is 65.2 Å². The van der Waals surface area contributed by atoms with Crippen LogP contribution in [-0.2, 0) is 13.1 Å². The lowest BCUT2D eigenvalue weighted by molar-refractivity contribution is -0.183. The largest absolute Gasteiger partial charge is 0.391 e. The third-order valence-electron chi connectivity index (χ3n) is 8.01. The maximum Gasteiger partial charge on any atom is 0.391 e. The van der Waals surface area contributed by atoms with E-state index in [1.807, 2.05) is 12.1 Å². The van der Waals surface area contributed by atoms with Crippen LogP contribution in [0.5, 0.6) is 0 Å². The number of fused-ring (bicyclic) bond motifs is 1. The van der Waals surface area contributed by atoms with Gasteiger partial charge < -0.3 is 10.2 Å². The van der Waals surface area contributed by atoms with Gasteiger partial charge in [-0.3, -0.25) is 9.69 Å². The van der Waals surface area contributed by atoms with Crippen molar-refractivity contribution in [3.63, 3.8) is 0 Å². The number of benzene rings is 2. The summed E-state index contributed by atoms with van der Waals surface area (Å²) < 4.78 is 38.5. The third kappa shape index (κ3) is 8.48. The molecule has 2 aliphatic heterocycles. The van der Waals surface area contributed by atoms with Crippen molar-refractivity contribution in [2.24, 2.45) is 5.92 Å². The van der Waals surface area contributed by atoms with Crippen LogP contribution in [0.4, 0.5) is 18.9 Å². The molecule has 0 saturated carbocycles. The number of nitrogens with one attached hydrogen (secondary N) is 1. The molecular formula is C31H42F3N3O. The van der Waals surface area contributed by atoms with Crippen molar-refractivity contribution in [2.45, 2.75) is 83.5 Å². The molecule has 38 heavy (non-hydrogen) atoms. The Labute approximate surface area is 225 Å². The topological polar surface area (TPSA) is 35.6 Å². The van der Waals surface area contributed by atoms with Crippen LogP contribution in [0.15, 0.2) is 48.5 Å². The Morgan fingerprint density at radius 1 is 0.789 bits per heavy atom. The molecule has 0 aromatic heterocycles. The van der Waals surface area contributed by atoms with Crippen LogP contribution in [0.2, 0.25) is 0 Å². The van der Waals surface area contributed by atoms with Gasteiger partial charge in [0.05, 0.1) is 5.92 Å². The van der Waals surface area contributed by atoms with E-state index in [1.54, 1.807) is 12.1 Å². The van der Waals surface area contributed by atoms with Gasteiger partial charge in [0.2, 0.25) is 0 Å². The van der Waals surface area contributed by atoms with Gasteiger partial charge in [-0.15, -0.1) is 0 Å². The van der Waals surface area contributed by atoms with Crippen LogP contribution in [0.1, 0.15) is 85.7 Å². The van der Waals surface area contributed by atoms with Crippen molar-refractivity contribution in [3.8, 4) is 0 Å². The Kier molecular flexibility index (Phi) is 10.5. The molecule has 208 valence electrons. The van der Waals surface area contributed by atoms with Gasteiger partial charge in [0.1, 0.15) is 0 Å². The summed E-state index contributed by atoms with van der Waals surface area (Å²) in [6, 6.07) is 16.1. The summed E-state index contributed by atoms with van der Waals surface area (Å²) in [5.74, 6) is -1.47. The second-order valence-electron chi connectivity index (χ2n) is 10.9. The van der Waals surface area contributed by atoms with Crippen LogP contribution in [-0.4, -0.2) is 48.1 Å². The molecule has 2 aromatic rings. The number of rotatable bonds is 13. The van der Waals surface area contributed by atoms with Crippen LogP contribution in [0, 0.1) is 5.92 Å². The Bertz CT molecular complexity index is 975. The van der Waals surface area contributed by atoms with Crippen molar-refractivity contribution in [2.75, 3.05) is 31.5 Å². The highest BCUT2D eigenvalue weighted by Crippen LogP contribution is 2.34. The summed E-state index contributed by atoms with van der Waals surface area (Å²) in [6.45, 7) is 4.65. The second-order valence-corrected chi connectivity index (χ2v) is 10.9. The minimum atomic E-state index is -4.16. The zero-order valence-corrected chi connectivity index (χ0v) is 22.4. The third-order valence-corrected chi connectivity index (χ3v) is 8.01. The number of amides is 1. The summed E-state index contributed by atoms with van der Waals surface area (Å²) in [6.07, 6.45) is 5.96. The highest BCUT2D eigenvalue weighted by Gasteiger charge is 2.41. The molecule has 4 nitrogen and oxygen atoms in total. The molecule has 2 aliphatic rings. The molecule has 1 fully saturated rings. The molecule has 0 radical (unpaired) electrons. The SMILES string of the molecule is O=C(c1ccc(NCCCCCCCCCCN2Cc3ccccc3C2)cc1)N1CCC(C(F)(F)F)CC1. The van der Waals surface area contributed by atoms with E-state index in [-0.39, 0.29) is 31.8 Å². The van der Waals surface area contributed by atoms with Crippen LogP contribution < -0.4 is 5.32 Å². The fourth-order valence-corrected chi connectivity index (χ4v) is 5.64. The number of piperidine rings is 1. The molecule has 2 aromatic carbocycles. The Hall–Kier alpha value is -2.54. The zero-order valence-electron chi connectivity index (χ0n) is 22.4. The monoisotopic (exact) mass is 529 g/mol. The molecular weight excluding hydrogens is 487 g/mol. The first-order valence-corrected chi connectivity index (χ1v) is 14.4. The van der Waals surface area contributed by atoms with Crippen molar-refractivity contribution in [1.82, 2.24) is 9.80 Å². The first-order valence-electron chi connectivity index (χ1n) is 14.4. The molecule has 7 heteroatoms. The fourth-order valence-electron chi connectivity index (χ4n) is 5.64. The lowest BCUT2D eigenvalue weighted by Gasteiger charge is -2.33. The van der Waals surface area contributed by atoms with Crippen molar-refractivity contribution in [1.29, 1.82) is 0 Å². The fraction of sp³-hybridized carbons (Fsp3) is 0.581. The highest BCUT2D eigenvalue weighted by molar-refractivity contribution is 5.94. The number of anilines is 1. The molecule has 0 spiro atoms. The van der Waals surface area contributed by atoms with E-state index in [9.17, 15) is 18.0 Å². The van der Waals surface area contributed by atoms with Crippen molar-refractivity contribution < 1.29 is 18.0 Å². The number of hydrogen-bond acceptors (Lipinski definition) is 3. The van der Waals surface area contributed by atoms with Gasteiger partial charge in [0.25, 0.3) is 5.91 Å². The second kappa shape index (κ2) is 14.0. The summed E-state index contributed by atoms with van der Waals surface area (Å²) in [4.78, 5) is 16.7. The predicted octanol–water partition coefficient (Wildman–Crippen LogP) is 7.65. The van der Waals surface area contributed by atoms with Crippen molar-refractivity contribution >= 4 is 11.6 Å². The van der Waals surface area contributed by atoms with E-state index >= 15 is 0 Å². The Morgan fingerprint density at radius 3 is 1.92 bits per heavy atom. The maximum absolute atomic E-state index is 12.8. The minimum Gasteiger partial charge on any atom is -0.385 e. The molecule has 0 bridgehead atoms. The number of carbonyl (C=O) groups is 1. The number of likely N-dealkylation sites (tertiary alicyclic amines) is 1. The van der Waals surface area contributed by atoms with Gasteiger partial charge in [-0.2, -0.15) is 13.2 Å². The first-order chi connectivity index (χ1) is 18.4. The van der Waals surface area contributed by atoms with Crippen LogP contribution in [0.3, 0.4) is 0 Å². The average molecular weight is 530 g/mol. The summed E-state index contributed by atoms with van der Waals surface area (Å²) >= 11 is 0. The molecule has 2 heterocycles. The Morgan fingerprint density at radius 2 is 1.34 bits per heavy atom. The van der Waals surface area contributed by atoms with Gasteiger partial charge in [-0.25, -0.2) is 0 Å². The lowest BCUT2D eigenvalue weighted by Crippen LogP contribution is -2.42. The highest BCUT2D eigenvalue weighted by atomic mass is 19.4. The number of hydrogen-bond donors (Lipinski definition) is 1. The van der Waals surface area contributed by atoms with Gasteiger partial charge in [-0.05, 0) is 67.6 Å². The maximum atomic E-state index is 12.8. The average Bonchev–Trinajstić information content (AvgIpc) is 3.34. The molecule has 1 amide bonds. The number of unbranched alkanes of at least 4 members (excludes halogenated alkanes) is 7. The van der Waals surface area contributed by atoms with Gasteiger partial charge in [0.15, 0.2) is 0 Å². The summed E-state index contributed by atoms with van der Waals surface area (Å²) in [7, 11) is 0. The number of nitrogens with zero attached hydrogens (tertiary/aromatic N) is 2. The number of halogens is 3. The van der Waals surface area contributed by atoms with E-state index in [0.717, 1.165) is 31.7 Å². The quantitative estimate of drug-likeness (QED) is 0.271. The first kappa shape index (κ1) is 28.5. The van der Waals surface area contributed by atoms with E-state index in [4.69, 9.17) is 0 Å². The van der Waals surface area contributed by atoms with E-state index in [2.05, 4.69) is 34.5 Å². The molecule has 0 aliphatic carbocycles. The van der Waals surface area contributed by atoms with Crippen LogP contribution >= 0.6 is 0 Å². The van der Waals surface area contributed by atoms with E-state index in [0.29, 0.717) is 5.56 Å². The molecule has 1 N–H and O–H groups in total. The van der Waals surface area contributed by atoms with Gasteiger partial charge in [0, 0.05) is 44.0 Å². The summed E-state index contributed by atoms with van der Waals surface area (Å²) in [5, 5.41) is 3.41. The normalized spacial score (nSPS) is 16.6. The van der Waals surface area contributed by atoms with Crippen LogP contribution in [0.25, 0.3) is 0 Å². The molecule has 0 atom stereocenters. The number of alkyl halides is 3. The summed E-state index contributed by atoms with van der Waals surface area (Å²) in [5.41, 5.74) is 4.50. The lowest BCUT2D eigenvalue weighted by atomic mass is 9.96. The zero-order chi connectivity index (χ0) is 26.8. The van der Waals surface area contributed by atoms with E-state index < -0.39 is 12.1 Å². The van der Waals surface area contributed by atoms with Gasteiger partial charge in [-0.1, -0.05) is 62.8 Å². The molecule has 0 unspecified atom stereocenters. The minimum absolute atomic E-state index is 0.0106. The number of carbonyl (C=O) groups excluding carboxylic acids is 1. The predicted molar refractivity (Wildman–Crippen MR) is 147 cm³/mol. The molecule has 1 saturated heterocycles. The van der Waals surface area contributed by atoms with E-state index in [1.165, 1.54) is 67.5 Å². The Balaban J connectivity index is 0.989.